The molecular weight excluding hydrogens is 270 g/mol. The number of hydrogen-bond acceptors (Lipinski definition) is 4. The van der Waals surface area contributed by atoms with E-state index in [1.807, 2.05) is 0 Å². The van der Waals surface area contributed by atoms with Crippen LogP contribution in [-0.2, 0) is 0 Å². The highest BCUT2D eigenvalue weighted by Gasteiger charge is 2.14. The van der Waals surface area contributed by atoms with E-state index in [1.54, 1.807) is 19.1 Å². The zero-order chi connectivity index (χ0) is 14.0. The van der Waals surface area contributed by atoms with Crippen molar-refractivity contribution in [1.29, 1.82) is 0 Å². The van der Waals surface area contributed by atoms with Gasteiger partial charge in [-0.15, -0.1) is 0 Å². The number of ether oxygens (including phenoxy) is 1. The maximum Gasteiger partial charge on any atom is 0.271 e. The zero-order valence-corrected chi connectivity index (χ0v) is 10.7. The maximum absolute atomic E-state index is 10.7. The number of phenols is 1. The standard InChI is InChI=1S/C13H10ClNO4/c1-8-6-9(15(17)18)7-12(14)13(8)19-11-4-2-10(16)3-5-11/h2-7,16H,1H3. The summed E-state index contributed by atoms with van der Waals surface area (Å²) in [7, 11) is 0. The van der Waals surface area contributed by atoms with Gasteiger partial charge in [-0.25, -0.2) is 0 Å². The largest absolute Gasteiger partial charge is 0.508 e. The van der Waals surface area contributed by atoms with Gasteiger partial charge in [-0.2, -0.15) is 0 Å². The third-order valence-corrected chi connectivity index (χ3v) is 2.76. The van der Waals surface area contributed by atoms with Crippen LogP contribution < -0.4 is 4.74 Å². The Kier molecular flexibility index (Phi) is 3.57. The Morgan fingerprint density at radius 3 is 2.42 bits per heavy atom. The van der Waals surface area contributed by atoms with Crippen molar-refractivity contribution < 1.29 is 14.8 Å². The van der Waals surface area contributed by atoms with Crippen molar-refractivity contribution in [3.05, 3.63) is 57.1 Å². The lowest BCUT2D eigenvalue weighted by Crippen LogP contribution is -1.93. The summed E-state index contributed by atoms with van der Waals surface area (Å²) < 4.78 is 5.56. The summed E-state index contributed by atoms with van der Waals surface area (Å²) in [6.45, 7) is 1.68. The maximum atomic E-state index is 10.7. The fraction of sp³-hybridized carbons (Fsp3) is 0.0769. The lowest BCUT2D eigenvalue weighted by Gasteiger charge is -2.10. The molecule has 0 fully saturated rings. The summed E-state index contributed by atoms with van der Waals surface area (Å²) in [4.78, 5) is 10.2. The second kappa shape index (κ2) is 5.16. The van der Waals surface area contributed by atoms with Gasteiger partial charge in [0.1, 0.15) is 17.2 Å². The van der Waals surface area contributed by atoms with Crippen LogP contribution in [-0.4, -0.2) is 10.0 Å². The molecule has 0 atom stereocenters. The Morgan fingerprint density at radius 1 is 1.26 bits per heavy atom. The molecule has 0 unspecified atom stereocenters. The van der Waals surface area contributed by atoms with Crippen molar-refractivity contribution in [2.45, 2.75) is 6.92 Å². The van der Waals surface area contributed by atoms with Gasteiger partial charge < -0.3 is 9.84 Å². The minimum absolute atomic E-state index is 0.0828. The Balaban J connectivity index is 2.35. The molecule has 0 aromatic heterocycles. The van der Waals surface area contributed by atoms with E-state index >= 15 is 0 Å². The molecule has 2 aromatic carbocycles. The van der Waals surface area contributed by atoms with Gasteiger partial charge >= 0.3 is 0 Å². The van der Waals surface area contributed by atoms with Crippen molar-refractivity contribution in [3.8, 4) is 17.2 Å². The van der Waals surface area contributed by atoms with E-state index in [0.717, 1.165) is 0 Å². The molecule has 0 saturated carbocycles. The quantitative estimate of drug-likeness (QED) is 0.679. The van der Waals surface area contributed by atoms with Crippen LogP contribution in [0.2, 0.25) is 5.02 Å². The number of aryl methyl sites for hydroxylation is 1. The van der Waals surface area contributed by atoms with Gasteiger partial charge in [-0.1, -0.05) is 11.6 Å². The number of halogens is 1. The average Bonchev–Trinajstić information content (AvgIpc) is 2.35. The molecule has 0 spiro atoms. The van der Waals surface area contributed by atoms with Crippen LogP contribution >= 0.6 is 11.6 Å². The number of nitrogens with zero attached hydrogens (tertiary/aromatic N) is 1. The van der Waals surface area contributed by atoms with Gasteiger partial charge in [0.25, 0.3) is 5.69 Å². The van der Waals surface area contributed by atoms with Crippen molar-refractivity contribution in [1.82, 2.24) is 0 Å². The van der Waals surface area contributed by atoms with Crippen molar-refractivity contribution in [3.63, 3.8) is 0 Å². The van der Waals surface area contributed by atoms with Crippen LogP contribution in [0, 0.1) is 17.0 Å². The summed E-state index contributed by atoms with van der Waals surface area (Å²) in [6.07, 6.45) is 0. The van der Waals surface area contributed by atoms with Crippen molar-refractivity contribution in [2.75, 3.05) is 0 Å². The molecule has 98 valence electrons. The SMILES string of the molecule is Cc1cc([N+](=O)[O-])cc(Cl)c1Oc1ccc(O)cc1. The predicted molar refractivity (Wildman–Crippen MR) is 71.0 cm³/mol. The smallest absolute Gasteiger partial charge is 0.271 e. The van der Waals surface area contributed by atoms with E-state index in [-0.39, 0.29) is 16.5 Å². The predicted octanol–water partition coefficient (Wildman–Crippen LogP) is 4.05. The fourth-order valence-corrected chi connectivity index (χ4v) is 1.88. The Hall–Kier alpha value is -2.27. The normalized spacial score (nSPS) is 10.2. The highest BCUT2D eigenvalue weighted by atomic mass is 35.5. The van der Waals surface area contributed by atoms with Gasteiger partial charge in [-0.3, -0.25) is 10.1 Å². The van der Waals surface area contributed by atoms with Gasteiger partial charge in [0.15, 0.2) is 0 Å². The van der Waals surface area contributed by atoms with Crippen molar-refractivity contribution >= 4 is 17.3 Å². The highest BCUT2D eigenvalue weighted by molar-refractivity contribution is 6.32. The molecule has 0 bridgehead atoms. The number of aromatic hydroxyl groups is 1. The number of phenolic OH excluding ortho intramolecular Hbond substituents is 1. The molecule has 0 radical (unpaired) electrons. The monoisotopic (exact) mass is 279 g/mol. The van der Waals surface area contributed by atoms with Crippen LogP contribution in [0.5, 0.6) is 17.2 Å². The topological polar surface area (TPSA) is 72.6 Å². The molecule has 2 aromatic rings. The van der Waals surface area contributed by atoms with Crippen LogP contribution in [0.4, 0.5) is 5.69 Å². The first-order valence-electron chi connectivity index (χ1n) is 5.39. The molecule has 1 N–H and O–H groups in total. The number of non-ortho nitro benzene ring substituents is 1. The molecule has 0 saturated heterocycles. The molecule has 0 heterocycles. The second-order valence-corrected chi connectivity index (χ2v) is 4.33. The van der Waals surface area contributed by atoms with Gasteiger partial charge in [0.2, 0.25) is 0 Å². The summed E-state index contributed by atoms with van der Waals surface area (Å²) in [5, 5.41) is 20.0. The lowest BCUT2D eigenvalue weighted by atomic mass is 10.2. The molecule has 0 amide bonds. The van der Waals surface area contributed by atoms with E-state index in [9.17, 15) is 15.2 Å². The zero-order valence-electron chi connectivity index (χ0n) is 9.96. The first-order chi connectivity index (χ1) is 8.97. The fourth-order valence-electron chi connectivity index (χ4n) is 1.58. The lowest BCUT2D eigenvalue weighted by molar-refractivity contribution is -0.384. The Morgan fingerprint density at radius 2 is 1.89 bits per heavy atom. The Bertz CT molecular complexity index is 602. The third-order valence-electron chi connectivity index (χ3n) is 2.48. The molecule has 19 heavy (non-hydrogen) atoms. The van der Waals surface area contributed by atoms with Crippen LogP contribution in [0.1, 0.15) is 5.56 Å². The Labute approximate surface area is 114 Å². The van der Waals surface area contributed by atoms with E-state index in [1.165, 1.54) is 24.3 Å². The van der Waals surface area contributed by atoms with Crippen LogP contribution in [0.3, 0.4) is 0 Å². The number of hydrogen-bond donors (Lipinski definition) is 1. The highest BCUT2D eigenvalue weighted by Crippen LogP contribution is 2.36. The first-order valence-corrected chi connectivity index (χ1v) is 5.76. The second-order valence-electron chi connectivity index (χ2n) is 3.93. The third kappa shape index (κ3) is 2.95. The molecule has 5 nitrogen and oxygen atoms in total. The minimum atomic E-state index is -0.511. The first kappa shape index (κ1) is 13.2. The molecule has 2 rings (SSSR count). The molecular formula is C13H10ClNO4. The molecule has 0 aliphatic carbocycles. The van der Waals surface area contributed by atoms with E-state index in [0.29, 0.717) is 17.1 Å². The van der Waals surface area contributed by atoms with Gasteiger partial charge in [0.05, 0.1) is 9.95 Å². The van der Waals surface area contributed by atoms with E-state index in [4.69, 9.17) is 16.3 Å². The van der Waals surface area contributed by atoms with Crippen LogP contribution in [0.25, 0.3) is 0 Å². The van der Waals surface area contributed by atoms with E-state index in [2.05, 4.69) is 0 Å². The van der Waals surface area contributed by atoms with Gasteiger partial charge in [0, 0.05) is 17.7 Å². The molecule has 6 heteroatoms. The minimum Gasteiger partial charge on any atom is -0.508 e. The summed E-state index contributed by atoms with van der Waals surface area (Å²) >= 11 is 5.98. The summed E-state index contributed by atoms with van der Waals surface area (Å²) in [5.74, 6) is 0.966. The number of benzene rings is 2. The van der Waals surface area contributed by atoms with Crippen molar-refractivity contribution in [2.24, 2.45) is 0 Å². The number of nitro groups is 1. The summed E-state index contributed by atoms with van der Waals surface area (Å²) in [6, 6.07) is 8.73. The molecule has 0 aliphatic heterocycles. The number of rotatable bonds is 3. The molecule has 0 aliphatic rings. The average molecular weight is 280 g/mol. The van der Waals surface area contributed by atoms with Gasteiger partial charge in [-0.05, 0) is 31.2 Å². The van der Waals surface area contributed by atoms with Crippen LogP contribution in [0.15, 0.2) is 36.4 Å². The number of nitro benzene ring substituents is 1. The summed E-state index contributed by atoms with van der Waals surface area (Å²) in [5.41, 5.74) is 0.479. The van der Waals surface area contributed by atoms with E-state index < -0.39 is 4.92 Å².